The van der Waals surface area contributed by atoms with Gasteiger partial charge in [0, 0.05) is 18.7 Å². The van der Waals surface area contributed by atoms with Crippen LogP contribution in [0.1, 0.15) is 23.6 Å². The predicted molar refractivity (Wildman–Crippen MR) is 123 cm³/mol. The fourth-order valence-corrected chi connectivity index (χ4v) is 4.46. The number of halogens is 1. The second-order valence-corrected chi connectivity index (χ2v) is 8.97. The number of ether oxygens (including phenoxy) is 1. The van der Waals surface area contributed by atoms with E-state index in [0.29, 0.717) is 37.1 Å². The maximum absolute atomic E-state index is 13.2. The van der Waals surface area contributed by atoms with E-state index in [1.54, 1.807) is 12.1 Å². The van der Waals surface area contributed by atoms with Crippen molar-refractivity contribution < 1.29 is 13.5 Å². The summed E-state index contributed by atoms with van der Waals surface area (Å²) < 4.78 is 26.7. The smallest absolute Gasteiger partial charge is 0.247 e. The van der Waals surface area contributed by atoms with E-state index in [9.17, 15) is 4.39 Å². The fourth-order valence-electron chi connectivity index (χ4n) is 3.59. The first-order valence-corrected chi connectivity index (χ1v) is 11.6. The molecule has 1 fully saturated rings. The van der Waals surface area contributed by atoms with Crippen molar-refractivity contribution in [3.63, 3.8) is 0 Å². The number of aromatic nitrogens is 5. The van der Waals surface area contributed by atoms with Crippen molar-refractivity contribution in [3.8, 4) is 11.5 Å². The molecule has 1 aliphatic rings. The van der Waals surface area contributed by atoms with Crippen molar-refractivity contribution in [2.24, 2.45) is 0 Å². The first-order chi connectivity index (χ1) is 16.2. The number of benzene rings is 2. The molecule has 170 valence electrons. The Kier molecular flexibility index (Phi) is 6.36. The molecule has 5 rings (SSSR count). The summed E-state index contributed by atoms with van der Waals surface area (Å²) in [6.07, 6.45) is 0. The number of anilines is 1. The van der Waals surface area contributed by atoms with Gasteiger partial charge in [0.25, 0.3) is 0 Å². The largest absolute Gasteiger partial charge is 0.419 e. The van der Waals surface area contributed by atoms with Crippen LogP contribution in [0.5, 0.6) is 0 Å². The van der Waals surface area contributed by atoms with Gasteiger partial charge >= 0.3 is 0 Å². The van der Waals surface area contributed by atoms with E-state index in [1.807, 2.05) is 25.1 Å². The van der Waals surface area contributed by atoms with Crippen molar-refractivity contribution >= 4 is 17.7 Å². The standard InChI is InChI=1S/C23H23FN6O2S/c1-16(20-25-26-21(32-20)18-7-9-19(24)10-8-18)33-23-28-27-22(29-11-13-31-14-12-29)30(23)15-17-5-3-2-4-6-17/h2-10,16H,11-15H2,1H3/t16-/m1/s1. The number of hydrogen-bond donors (Lipinski definition) is 0. The van der Waals surface area contributed by atoms with Crippen LogP contribution >= 0.6 is 11.8 Å². The molecule has 0 saturated carbocycles. The number of nitrogens with zero attached hydrogens (tertiary/aromatic N) is 6. The van der Waals surface area contributed by atoms with Gasteiger partial charge in [-0.15, -0.1) is 20.4 Å². The zero-order valence-electron chi connectivity index (χ0n) is 18.1. The lowest BCUT2D eigenvalue weighted by molar-refractivity contribution is 0.121. The van der Waals surface area contributed by atoms with Crippen LogP contribution in [0.2, 0.25) is 0 Å². The van der Waals surface area contributed by atoms with Crippen molar-refractivity contribution in [2.45, 2.75) is 23.9 Å². The van der Waals surface area contributed by atoms with E-state index < -0.39 is 0 Å². The summed E-state index contributed by atoms with van der Waals surface area (Å²) in [5.41, 5.74) is 1.84. The number of hydrogen-bond acceptors (Lipinski definition) is 8. The molecule has 2 aromatic heterocycles. The molecule has 0 aliphatic carbocycles. The Bertz CT molecular complexity index is 1190. The van der Waals surface area contributed by atoms with Crippen LogP contribution in [0.4, 0.5) is 10.3 Å². The number of rotatable bonds is 7. The maximum atomic E-state index is 13.2. The molecule has 0 N–H and O–H groups in total. The molecule has 0 bridgehead atoms. The Hall–Kier alpha value is -3.24. The Balaban J connectivity index is 1.39. The van der Waals surface area contributed by atoms with E-state index in [-0.39, 0.29) is 11.1 Å². The van der Waals surface area contributed by atoms with Gasteiger partial charge in [0.15, 0.2) is 5.16 Å². The van der Waals surface area contributed by atoms with Crippen molar-refractivity contribution in [2.75, 3.05) is 31.2 Å². The zero-order chi connectivity index (χ0) is 22.6. The van der Waals surface area contributed by atoms with Crippen LogP contribution in [0.3, 0.4) is 0 Å². The highest BCUT2D eigenvalue weighted by molar-refractivity contribution is 7.99. The molecule has 0 amide bonds. The third-order valence-electron chi connectivity index (χ3n) is 5.34. The minimum absolute atomic E-state index is 0.150. The van der Waals surface area contributed by atoms with Gasteiger partial charge in [-0.05, 0) is 36.8 Å². The minimum atomic E-state index is -0.309. The van der Waals surface area contributed by atoms with Crippen molar-refractivity contribution in [1.29, 1.82) is 0 Å². The van der Waals surface area contributed by atoms with Crippen LogP contribution in [-0.2, 0) is 11.3 Å². The van der Waals surface area contributed by atoms with E-state index in [2.05, 4.69) is 42.0 Å². The summed E-state index contributed by atoms with van der Waals surface area (Å²) in [5, 5.41) is 18.0. The molecular weight excluding hydrogens is 443 g/mol. The highest BCUT2D eigenvalue weighted by Gasteiger charge is 2.24. The molecule has 1 aliphatic heterocycles. The second kappa shape index (κ2) is 9.72. The Labute approximate surface area is 194 Å². The first-order valence-electron chi connectivity index (χ1n) is 10.7. The molecule has 0 spiro atoms. The average molecular weight is 467 g/mol. The summed E-state index contributed by atoms with van der Waals surface area (Å²) in [6.45, 7) is 5.54. The predicted octanol–water partition coefficient (Wildman–Crippen LogP) is 4.21. The van der Waals surface area contributed by atoms with Crippen LogP contribution < -0.4 is 4.90 Å². The van der Waals surface area contributed by atoms with Crippen LogP contribution in [-0.4, -0.2) is 51.3 Å². The van der Waals surface area contributed by atoms with Crippen LogP contribution in [0.25, 0.3) is 11.5 Å². The van der Waals surface area contributed by atoms with Crippen LogP contribution in [0, 0.1) is 5.82 Å². The van der Waals surface area contributed by atoms with E-state index in [1.165, 1.54) is 23.9 Å². The quantitative estimate of drug-likeness (QED) is 0.375. The summed E-state index contributed by atoms with van der Waals surface area (Å²) in [6, 6.07) is 16.2. The summed E-state index contributed by atoms with van der Waals surface area (Å²) >= 11 is 1.51. The average Bonchev–Trinajstić information content (AvgIpc) is 3.49. The molecule has 4 aromatic rings. The minimum Gasteiger partial charge on any atom is -0.419 e. The van der Waals surface area contributed by atoms with Gasteiger partial charge in [-0.3, -0.25) is 4.57 Å². The maximum Gasteiger partial charge on any atom is 0.247 e. The van der Waals surface area contributed by atoms with Crippen molar-refractivity contribution in [3.05, 3.63) is 71.9 Å². The SMILES string of the molecule is C[C@@H](Sc1nnc(N2CCOCC2)n1Cc1ccccc1)c1nnc(-c2ccc(F)cc2)o1. The number of morpholine rings is 1. The van der Waals surface area contributed by atoms with Gasteiger partial charge in [0.05, 0.1) is 25.0 Å². The Morgan fingerprint density at radius 1 is 0.970 bits per heavy atom. The van der Waals surface area contributed by atoms with E-state index >= 15 is 0 Å². The molecule has 1 atom stereocenters. The topological polar surface area (TPSA) is 82.1 Å². The lowest BCUT2D eigenvalue weighted by Gasteiger charge is -2.28. The normalized spacial score (nSPS) is 15.0. The molecule has 10 heteroatoms. The van der Waals surface area contributed by atoms with Gasteiger partial charge in [-0.25, -0.2) is 4.39 Å². The monoisotopic (exact) mass is 466 g/mol. The summed E-state index contributed by atoms with van der Waals surface area (Å²) in [4.78, 5) is 2.20. The third kappa shape index (κ3) is 4.91. The van der Waals surface area contributed by atoms with Gasteiger partial charge in [0.2, 0.25) is 17.7 Å². The van der Waals surface area contributed by atoms with E-state index in [4.69, 9.17) is 9.15 Å². The van der Waals surface area contributed by atoms with Gasteiger partial charge in [0.1, 0.15) is 5.82 Å². The van der Waals surface area contributed by atoms with E-state index in [0.717, 1.165) is 29.8 Å². The number of thioether (sulfide) groups is 1. The fraction of sp³-hybridized carbons (Fsp3) is 0.304. The molecular formula is C23H23FN6O2S. The van der Waals surface area contributed by atoms with Gasteiger partial charge in [-0.1, -0.05) is 42.1 Å². The lowest BCUT2D eigenvalue weighted by atomic mass is 10.2. The van der Waals surface area contributed by atoms with Crippen LogP contribution in [0.15, 0.2) is 64.2 Å². The molecule has 3 heterocycles. The molecule has 2 aromatic carbocycles. The van der Waals surface area contributed by atoms with Crippen molar-refractivity contribution in [1.82, 2.24) is 25.0 Å². The van der Waals surface area contributed by atoms with Gasteiger partial charge in [-0.2, -0.15) is 0 Å². The molecule has 8 nitrogen and oxygen atoms in total. The Morgan fingerprint density at radius 3 is 2.48 bits per heavy atom. The zero-order valence-corrected chi connectivity index (χ0v) is 18.9. The highest BCUT2D eigenvalue weighted by Crippen LogP contribution is 2.36. The molecule has 1 saturated heterocycles. The third-order valence-corrected chi connectivity index (χ3v) is 6.40. The summed E-state index contributed by atoms with van der Waals surface area (Å²) in [5.74, 6) is 1.35. The summed E-state index contributed by atoms with van der Waals surface area (Å²) in [7, 11) is 0. The molecule has 0 unspecified atom stereocenters. The molecule has 33 heavy (non-hydrogen) atoms. The molecule has 0 radical (unpaired) electrons. The van der Waals surface area contributed by atoms with Gasteiger partial charge < -0.3 is 14.1 Å². The highest BCUT2D eigenvalue weighted by atomic mass is 32.2. The first kappa shape index (κ1) is 21.6. The second-order valence-electron chi connectivity index (χ2n) is 7.67. The lowest BCUT2D eigenvalue weighted by Crippen LogP contribution is -2.38. The Morgan fingerprint density at radius 2 is 1.73 bits per heavy atom.